The minimum Gasteiger partial charge on any atom is -0.487 e. The smallest absolute Gasteiger partial charge is 0.243 e. The molecule has 1 unspecified atom stereocenters. The van der Waals surface area contributed by atoms with E-state index < -0.39 is 10.0 Å². The van der Waals surface area contributed by atoms with Crippen molar-refractivity contribution in [3.63, 3.8) is 0 Å². The van der Waals surface area contributed by atoms with Crippen LogP contribution in [0.5, 0.6) is 5.75 Å². The van der Waals surface area contributed by atoms with E-state index in [9.17, 15) is 13.2 Å². The van der Waals surface area contributed by atoms with Crippen LogP contribution < -0.4 is 10.1 Å². The molecule has 0 radical (unpaired) electrons. The zero-order chi connectivity index (χ0) is 23.6. The predicted molar refractivity (Wildman–Crippen MR) is 130 cm³/mol. The summed E-state index contributed by atoms with van der Waals surface area (Å²) in [5.74, 6) is 0.430. The first-order valence-electron chi connectivity index (χ1n) is 11.3. The van der Waals surface area contributed by atoms with Gasteiger partial charge in [-0.15, -0.1) is 0 Å². The van der Waals surface area contributed by atoms with E-state index in [1.807, 2.05) is 48.5 Å². The van der Waals surface area contributed by atoms with Gasteiger partial charge < -0.3 is 10.1 Å². The van der Waals surface area contributed by atoms with Crippen molar-refractivity contribution in [2.75, 3.05) is 13.6 Å². The minimum absolute atomic E-state index is 0.170. The van der Waals surface area contributed by atoms with Crippen LogP contribution in [0.15, 0.2) is 71.6 Å². The molecule has 1 amide bonds. The fraction of sp³-hybridized carbons (Fsp3) is 0.346. The van der Waals surface area contributed by atoms with Gasteiger partial charge in [-0.3, -0.25) is 4.79 Å². The van der Waals surface area contributed by atoms with Gasteiger partial charge in [0.2, 0.25) is 15.9 Å². The summed E-state index contributed by atoms with van der Waals surface area (Å²) in [4.78, 5) is 13.1. The molecule has 0 fully saturated rings. The Morgan fingerprint density at radius 2 is 1.70 bits per heavy atom. The average Bonchev–Trinajstić information content (AvgIpc) is 2.83. The number of carbonyl (C=O) groups excluding carboxylic acids is 1. The molecule has 174 valence electrons. The summed E-state index contributed by atoms with van der Waals surface area (Å²) in [5, 5.41) is 4.86. The highest BCUT2D eigenvalue weighted by atomic mass is 32.2. The number of hydrogen-bond donors (Lipinski definition) is 1. The van der Waals surface area contributed by atoms with E-state index in [4.69, 9.17) is 4.74 Å². The summed E-state index contributed by atoms with van der Waals surface area (Å²) in [7, 11) is -2.38. The molecule has 0 saturated heterocycles. The maximum atomic E-state index is 13.1. The molecule has 1 heterocycles. The molecule has 0 saturated carbocycles. The Labute approximate surface area is 195 Å². The first kappa shape index (κ1) is 23.3. The van der Waals surface area contributed by atoms with Gasteiger partial charge in [-0.05, 0) is 41.8 Å². The number of nitrogens with zero attached hydrogens (tertiary/aromatic N) is 1. The van der Waals surface area contributed by atoms with Crippen LogP contribution in [0.3, 0.4) is 0 Å². The molecule has 4 rings (SSSR count). The predicted octanol–water partition coefficient (Wildman–Crippen LogP) is 4.66. The lowest BCUT2D eigenvalue weighted by atomic mass is 9.83. The number of ether oxygens (including phenoxy) is 1. The molecule has 1 aliphatic rings. The second-order valence-electron chi connectivity index (χ2n) is 8.62. The van der Waals surface area contributed by atoms with E-state index in [0.717, 1.165) is 39.2 Å². The molecule has 6 nitrogen and oxygen atoms in total. The topological polar surface area (TPSA) is 75.7 Å². The molecule has 0 aliphatic carbocycles. The third kappa shape index (κ3) is 4.61. The fourth-order valence-corrected chi connectivity index (χ4v) is 5.63. The highest BCUT2D eigenvalue weighted by molar-refractivity contribution is 7.89. The second kappa shape index (κ2) is 9.15. The Bertz CT molecular complexity index is 1270. The Kier molecular flexibility index (Phi) is 6.45. The number of likely N-dealkylation sites (N-methyl/N-ethyl adjacent to an activating group) is 1. The second-order valence-corrected chi connectivity index (χ2v) is 10.7. The SMILES string of the molecule is CCC1(CC)CC(NC(=O)CN(C)S(=O)(=O)c2ccc3ccccc3c2)c2ccccc2O1. The molecule has 3 aromatic carbocycles. The van der Waals surface area contributed by atoms with Crippen molar-refractivity contribution in [1.82, 2.24) is 9.62 Å². The monoisotopic (exact) mass is 466 g/mol. The molecular weight excluding hydrogens is 436 g/mol. The first-order valence-corrected chi connectivity index (χ1v) is 12.7. The van der Waals surface area contributed by atoms with Gasteiger partial charge in [0.05, 0.1) is 17.5 Å². The van der Waals surface area contributed by atoms with Crippen LogP contribution in [0.25, 0.3) is 10.8 Å². The molecule has 1 atom stereocenters. The maximum Gasteiger partial charge on any atom is 0.243 e. The van der Waals surface area contributed by atoms with Crippen molar-refractivity contribution in [3.05, 3.63) is 72.3 Å². The van der Waals surface area contributed by atoms with E-state index >= 15 is 0 Å². The minimum atomic E-state index is -3.81. The van der Waals surface area contributed by atoms with Crippen molar-refractivity contribution < 1.29 is 17.9 Å². The quantitative estimate of drug-likeness (QED) is 0.550. The van der Waals surface area contributed by atoms with Crippen LogP contribution in [0.1, 0.15) is 44.7 Å². The number of fused-ring (bicyclic) bond motifs is 2. The highest BCUT2D eigenvalue weighted by Crippen LogP contribution is 2.42. The van der Waals surface area contributed by atoms with Crippen LogP contribution in [0.4, 0.5) is 0 Å². The Hall–Kier alpha value is -2.90. The Morgan fingerprint density at radius 3 is 2.42 bits per heavy atom. The number of sulfonamides is 1. The van der Waals surface area contributed by atoms with Crippen LogP contribution >= 0.6 is 0 Å². The Morgan fingerprint density at radius 1 is 1.03 bits per heavy atom. The van der Waals surface area contributed by atoms with Crippen LogP contribution in [-0.4, -0.2) is 37.8 Å². The molecule has 0 aromatic heterocycles. The van der Waals surface area contributed by atoms with E-state index in [0.29, 0.717) is 6.42 Å². The molecule has 33 heavy (non-hydrogen) atoms. The third-order valence-corrected chi connectivity index (χ3v) is 8.42. The summed E-state index contributed by atoms with van der Waals surface area (Å²) < 4.78 is 33.6. The summed E-state index contributed by atoms with van der Waals surface area (Å²) in [6.45, 7) is 3.90. The molecule has 3 aromatic rings. The van der Waals surface area contributed by atoms with Crippen molar-refractivity contribution in [2.24, 2.45) is 0 Å². The lowest BCUT2D eigenvalue weighted by molar-refractivity contribution is -0.122. The molecule has 1 N–H and O–H groups in total. The van der Waals surface area contributed by atoms with E-state index in [1.165, 1.54) is 7.05 Å². The van der Waals surface area contributed by atoms with Gasteiger partial charge in [-0.1, -0.05) is 62.4 Å². The maximum absolute atomic E-state index is 13.1. The van der Waals surface area contributed by atoms with Crippen LogP contribution in [0, 0.1) is 0 Å². The first-order chi connectivity index (χ1) is 15.8. The van der Waals surface area contributed by atoms with Gasteiger partial charge in [-0.25, -0.2) is 8.42 Å². The van der Waals surface area contributed by atoms with Gasteiger partial charge in [-0.2, -0.15) is 4.31 Å². The van der Waals surface area contributed by atoms with Gasteiger partial charge in [0, 0.05) is 19.0 Å². The number of benzene rings is 3. The highest BCUT2D eigenvalue weighted by Gasteiger charge is 2.39. The normalized spacial score (nSPS) is 17.4. The van der Waals surface area contributed by atoms with E-state index in [-0.39, 0.29) is 29.0 Å². The number of para-hydroxylation sites is 1. The zero-order valence-corrected chi connectivity index (χ0v) is 20.1. The van der Waals surface area contributed by atoms with Gasteiger partial charge >= 0.3 is 0 Å². The number of rotatable bonds is 7. The lowest BCUT2D eigenvalue weighted by Crippen LogP contribution is -2.46. The van der Waals surface area contributed by atoms with Crippen molar-refractivity contribution in [1.29, 1.82) is 0 Å². The van der Waals surface area contributed by atoms with Crippen LogP contribution in [0.2, 0.25) is 0 Å². The average molecular weight is 467 g/mol. The molecule has 7 heteroatoms. The Balaban J connectivity index is 1.51. The molecule has 0 spiro atoms. The summed E-state index contributed by atoms with van der Waals surface area (Å²) in [5.41, 5.74) is 0.568. The zero-order valence-electron chi connectivity index (χ0n) is 19.2. The van der Waals surface area contributed by atoms with E-state index in [1.54, 1.807) is 18.2 Å². The summed E-state index contributed by atoms with van der Waals surface area (Å²) in [6.07, 6.45) is 2.28. The number of nitrogens with one attached hydrogen (secondary N) is 1. The number of amides is 1. The van der Waals surface area contributed by atoms with Gasteiger partial charge in [0.25, 0.3) is 0 Å². The standard InChI is InChI=1S/C26H30N2O4S/c1-4-26(5-2)17-23(22-12-8-9-13-24(22)32-26)27-25(29)18-28(3)33(30,31)21-15-14-19-10-6-7-11-20(19)16-21/h6-16,23H,4-5,17-18H2,1-3H3,(H,27,29). The number of carbonyl (C=O) groups is 1. The number of hydrogen-bond acceptors (Lipinski definition) is 4. The lowest BCUT2D eigenvalue weighted by Gasteiger charge is -2.41. The van der Waals surface area contributed by atoms with Gasteiger partial charge in [0.1, 0.15) is 11.4 Å². The van der Waals surface area contributed by atoms with Crippen molar-refractivity contribution in [2.45, 2.75) is 49.6 Å². The van der Waals surface area contributed by atoms with Crippen molar-refractivity contribution in [3.8, 4) is 5.75 Å². The van der Waals surface area contributed by atoms with Crippen molar-refractivity contribution >= 4 is 26.7 Å². The largest absolute Gasteiger partial charge is 0.487 e. The summed E-state index contributed by atoms with van der Waals surface area (Å²) in [6, 6.07) is 20.1. The molecule has 0 bridgehead atoms. The third-order valence-electron chi connectivity index (χ3n) is 6.62. The van der Waals surface area contributed by atoms with Crippen LogP contribution in [-0.2, 0) is 14.8 Å². The fourth-order valence-electron chi connectivity index (χ4n) is 4.47. The van der Waals surface area contributed by atoms with E-state index in [2.05, 4.69) is 19.2 Å². The molecular formula is C26H30N2O4S. The molecule has 1 aliphatic heterocycles. The summed E-state index contributed by atoms with van der Waals surface area (Å²) >= 11 is 0. The van der Waals surface area contributed by atoms with Gasteiger partial charge in [0.15, 0.2) is 0 Å².